The Hall–Kier alpha value is -1.92. The predicted octanol–water partition coefficient (Wildman–Crippen LogP) is 18.8. The Morgan fingerprint density at radius 2 is 0.691 bits per heavy atom. The van der Waals surface area contributed by atoms with Gasteiger partial charge in [0.25, 0.3) is 0 Å². The molecule has 0 aliphatic heterocycles. The second-order valence-electron chi connectivity index (χ2n) is 20.7. The van der Waals surface area contributed by atoms with Gasteiger partial charge in [-0.2, -0.15) is 0 Å². The van der Waals surface area contributed by atoms with Crippen molar-refractivity contribution in [3.63, 3.8) is 0 Å². The zero-order valence-electron chi connectivity index (χ0n) is 45.6. The lowest BCUT2D eigenvalue weighted by atomic mass is 10.0. The second kappa shape index (κ2) is 57.7. The number of ether oxygens (including phenoxy) is 1. The molecule has 68 heavy (non-hydrogen) atoms. The molecule has 2 unspecified atom stereocenters. The van der Waals surface area contributed by atoms with E-state index in [1.165, 1.54) is 250 Å². The summed E-state index contributed by atoms with van der Waals surface area (Å²) in [5.74, 6) is -0.0631. The van der Waals surface area contributed by atoms with Gasteiger partial charge < -0.3 is 20.3 Å². The lowest BCUT2D eigenvalue weighted by Gasteiger charge is -2.20. The highest BCUT2D eigenvalue weighted by atomic mass is 16.5. The number of amides is 1. The number of rotatable bonds is 56. The summed E-state index contributed by atoms with van der Waals surface area (Å²) in [5.41, 5.74) is 0. The molecule has 0 aliphatic rings. The molecule has 6 nitrogen and oxygen atoms in total. The number of unbranched alkanes of at least 4 members (excludes halogenated alkanes) is 41. The van der Waals surface area contributed by atoms with Gasteiger partial charge in [-0.25, -0.2) is 0 Å². The molecule has 6 heteroatoms. The maximum absolute atomic E-state index is 12.4. The standard InChI is InChI=1S/C62H117NO5/c1-3-5-7-9-11-13-15-36-40-44-48-52-56-62(67)68-57-53-49-45-41-37-34-32-30-28-26-24-22-20-18-16-17-19-21-23-25-27-29-31-33-35-39-43-47-51-55-61(66)63-59(58-64)60(65)54-50-46-42-38-14-12-10-8-6-4-2/h11,13,16,18,50,54,59-60,64-65H,3-10,12,14-15,17,19-49,51-53,55-58H2,1-2H3,(H,63,66)/b13-11-,18-16-,54-50+. The van der Waals surface area contributed by atoms with Crippen LogP contribution in [0.1, 0.15) is 322 Å². The van der Waals surface area contributed by atoms with Crippen LogP contribution in [0.3, 0.4) is 0 Å². The molecule has 400 valence electrons. The van der Waals surface area contributed by atoms with Crippen molar-refractivity contribution in [2.24, 2.45) is 0 Å². The molecular weight excluding hydrogens is 839 g/mol. The highest BCUT2D eigenvalue weighted by Gasteiger charge is 2.18. The number of nitrogens with one attached hydrogen (secondary N) is 1. The van der Waals surface area contributed by atoms with Gasteiger partial charge in [-0.05, 0) is 83.5 Å². The van der Waals surface area contributed by atoms with E-state index in [0.717, 1.165) is 44.9 Å². The van der Waals surface area contributed by atoms with Crippen LogP contribution in [0.5, 0.6) is 0 Å². The molecule has 0 radical (unpaired) electrons. The molecular formula is C62H117NO5. The van der Waals surface area contributed by atoms with Crippen LogP contribution >= 0.6 is 0 Å². The quantitative estimate of drug-likeness (QED) is 0.0321. The summed E-state index contributed by atoms with van der Waals surface area (Å²) in [4.78, 5) is 24.4. The van der Waals surface area contributed by atoms with E-state index in [0.29, 0.717) is 19.4 Å². The third-order valence-electron chi connectivity index (χ3n) is 13.9. The van der Waals surface area contributed by atoms with Crippen molar-refractivity contribution in [1.82, 2.24) is 5.32 Å². The highest BCUT2D eigenvalue weighted by molar-refractivity contribution is 5.76. The number of aliphatic hydroxyl groups is 2. The summed E-state index contributed by atoms with van der Waals surface area (Å²) in [6, 6.07) is -0.625. The molecule has 1 amide bonds. The smallest absolute Gasteiger partial charge is 0.305 e. The first-order valence-corrected chi connectivity index (χ1v) is 30.3. The number of aliphatic hydroxyl groups excluding tert-OH is 2. The van der Waals surface area contributed by atoms with E-state index in [4.69, 9.17) is 4.74 Å². The number of carbonyl (C=O) groups excluding carboxylic acids is 2. The van der Waals surface area contributed by atoms with Crippen LogP contribution in [0.2, 0.25) is 0 Å². The Morgan fingerprint density at radius 3 is 1.07 bits per heavy atom. The number of allylic oxidation sites excluding steroid dienone is 5. The molecule has 0 fully saturated rings. The first kappa shape index (κ1) is 66.1. The van der Waals surface area contributed by atoms with Crippen LogP contribution in [0, 0.1) is 0 Å². The summed E-state index contributed by atoms with van der Waals surface area (Å²) in [7, 11) is 0. The number of hydrogen-bond acceptors (Lipinski definition) is 5. The van der Waals surface area contributed by atoms with E-state index in [2.05, 4.69) is 43.5 Å². The van der Waals surface area contributed by atoms with Crippen molar-refractivity contribution in [1.29, 1.82) is 0 Å². The van der Waals surface area contributed by atoms with E-state index in [1.54, 1.807) is 6.08 Å². The van der Waals surface area contributed by atoms with Crippen LogP contribution in [0.25, 0.3) is 0 Å². The Bertz CT molecular complexity index is 1100. The molecule has 3 N–H and O–H groups in total. The number of carbonyl (C=O) groups is 2. The largest absolute Gasteiger partial charge is 0.466 e. The molecule has 2 atom stereocenters. The molecule has 0 heterocycles. The Balaban J connectivity index is 3.37. The van der Waals surface area contributed by atoms with Gasteiger partial charge in [-0.3, -0.25) is 9.59 Å². The summed E-state index contributed by atoms with van der Waals surface area (Å²) >= 11 is 0. The molecule has 0 aromatic carbocycles. The monoisotopic (exact) mass is 956 g/mol. The molecule has 0 bridgehead atoms. The van der Waals surface area contributed by atoms with E-state index in [-0.39, 0.29) is 18.5 Å². The van der Waals surface area contributed by atoms with E-state index in [1.807, 2.05) is 6.08 Å². The van der Waals surface area contributed by atoms with Crippen LogP contribution in [-0.4, -0.2) is 47.4 Å². The summed E-state index contributed by atoms with van der Waals surface area (Å²) < 4.78 is 5.47. The van der Waals surface area contributed by atoms with Gasteiger partial charge in [0.1, 0.15) is 0 Å². The Labute approximate surface area is 424 Å². The summed E-state index contributed by atoms with van der Waals surface area (Å²) in [6.45, 7) is 4.86. The molecule has 0 saturated heterocycles. The van der Waals surface area contributed by atoms with Gasteiger partial charge in [-0.15, -0.1) is 0 Å². The van der Waals surface area contributed by atoms with Crippen molar-refractivity contribution in [3.8, 4) is 0 Å². The number of esters is 1. The van der Waals surface area contributed by atoms with Gasteiger partial charge >= 0.3 is 5.97 Å². The zero-order valence-corrected chi connectivity index (χ0v) is 45.6. The fourth-order valence-electron chi connectivity index (χ4n) is 9.21. The topological polar surface area (TPSA) is 95.9 Å². The molecule has 0 aliphatic carbocycles. The molecule has 0 aromatic heterocycles. The van der Waals surface area contributed by atoms with Crippen LogP contribution in [0.15, 0.2) is 36.5 Å². The molecule has 0 saturated carbocycles. The van der Waals surface area contributed by atoms with Crippen molar-refractivity contribution >= 4 is 11.9 Å². The Kier molecular flexibility index (Phi) is 56.0. The summed E-state index contributed by atoms with van der Waals surface area (Å²) in [6.07, 6.45) is 72.0. The predicted molar refractivity (Wildman–Crippen MR) is 296 cm³/mol. The normalized spacial score (nSPS) is 12.8. The van der Waals surface area contributed by atoms with Gasteiger partial charge in [-0.1, -0.05) is 262 Å². The highest BCUT2D eigenvalue weighted by Crippen LogP contribution is 2.17. The van der Waals surface area contributed by atoms with Crippen molar-refractivity contribution in [2.45, 2.75) is 334 Å². The average Bonchev–Trinajstić information content (AvgIpc) is 3.34. The van der Waals surface area contributed by atoms with Crippen LogP contribution in [0.4, 0.5) is 0 Å². The van der Waals surface area contributed by atoms with E-state index < -0.39 is 12.1 Å². The molecule has 0 rings (SSSR count). The summed E-state index contributed by atoms with van der Waals surface area (Å²) in [5, 5.41) is 23.0. The van der Waals surface area contributed by atoms with Gasteiger partial charge in [0.15, 0.2) is 0 Å². The first-order valence-electron chi connectivity index (χ1n) is 30.3. The van der Waals surface area contributed by atoms with E-state index >= 15 is 0 Å². The van der Waals surface area contributed by atoms with Gasteiger partial charge in [0.05, 0.1) is 25.4 Å². The van der Waals surface area contributed by atoms with Crippen molar-refractivity contribution in [2.75, 3.05) is 13.2 Å². The average molecular weight is 957 g/mol. The third-order valence-corrected chi connectivity index (χ3v) is 13.9. The maximum Gasteiger partial charge on any atom is 0.305 e. The van der Waals surface area contributed by atoms with Crippen LogP contribution < -0.4 is 5.32 Å². The van der Waals surface area contributed by atoms with Crippen molar-refractivity contribution < 1.29 is 24.5 Å². The fourth-order valence-corrected chi connectivity index (χ4v) is 9.21. The molecule has 0 spiro atoms. The minimum absolute atomic E-state index is 0.00570. The van der Waals surface area contributed by atoms with Gasteiger partial charge in [0, 0.05) is 12.8 Å². The minimum atomic E-state index is -0.842. The van der Waals surface area contributed by atoms with E-state index in [9.17, 15) is 19.8 Å². The second-order valence-corrected chi connectivity index (χ2v) is 20.7. The lowest BCUT2D eigenvalue weighted by Crippen LogP contribution is -2.45. The minimum Gasteiger partial charge on any atom is -0.466 e. The van der Waals surface area contributed by atoms with Crippen LogP contribution in [-0.2, 0) is 14.3 Å². The Morgan fingerprint density at radius 1 is 0.397 bits per heavy atom. The molecule has 0 aromatic rings. The SMILES string of the molecule is CCCCC/C=C\CCCCCCCC(=O)OCCCCCCCCCCCCCC/C=C\CCCCCCCCCCCCCCCC(=O)NC(CO)C(O)/C=C/CCCCCCCCCC. The maximum atomic E-state index is 12.4. The zero-order chi connectivity index (χ0) is 49.3. The first-order chi connectivity index (χ1) is 33.5. The fraction of sp³-hybridized carbons (Fsp3) is 0.871. The lowest BCUT2D eigenvalue weighted by molar-refractivity contribution is -0.143. The number of hydrogen-bond donors (Lipinski definition) is 3. The third kappa shape index (κ3) is 53.4. The van der Waals surface area contributed by atoms with Crippen molar-refractivity contribution in [3.05, 3.63) is 36.5 Å². The van der Waals surface area contributed by atoms with Gasteiger partial charge in [0.2, 0.25) is 5.91 Å².